The van der Waals surface area contributed by atoms with E-state index in [-0.39, 0.29) is 5.78 Å². The lowest BCUT2D eigenvalue weighted by Gasteiger charge is -2.16. The zero-order valence-corrected chi connectivity index (χ0v) is 13.4. The van der Waals surface area contributed by atoms with Crippen LogP contribution in [0.3, 0.4) is 0 Å². The highest BCUT2D eigenvalue weighted by atomic mass is 16.1. The van der Waals surface area contributed by atoms with Crippen LogP contribution in [-0.4, -0.2) is 19.9 Å². The summed E-state index contributed by atoms with van der Waals surface area (Å²) in [5.41, 5.74) is 4.54. The van der Waals surface area contributed by atoms with Gasteiger partial charge in [0.1, 0.15) is 0 Å². The molecule has 0 aliphatic rings. The van der Waals surface area contributed by atoms with Crippen LogP contribution in [0.25, 0.3) is 11.1 Å². The molecule has 0 atom stereocenters. The standard InChI is InChI=1S/C21H19NO/c1-22(2)20-14-7-6-13-19(20)21(23)18-12-8-11-17(15-18)16-9-4-3-5-10-16/h3-15H,1-2H3. The Morgan fingerprint density at radius 2 is 1.39 bits per heavy atom. The van der Waals surface area contributed by atoms with Crippen LogP contribution in [0.5, 0.6) is 0 Å². The molecule has 0 saturated heterocycles. The molecule has 0 spiro atoms. The van der Waals surface area contributed by atoms with Gasteiger partial charge in [0.25, 0.3) is 0 Å². The zero-order chi connectivity index (χ0) is 16.2. The fraction of sp³-hybridized carbons (Fsp3) is 0.0952. The summed E-state index contributed by atoms with van der Waals surface area (Å²) in [6.07, 6.45) is 0. The number of hydrogen-bond acceptors (Lipinski definition) is 2. The molecular weight excluding hydrogens is 282 g/mol. The van der Waals surface area contributed by atoms with Crippen molar-refractivity contribution in [3.05, 3.63) is 90.0 Å². The normalized spacial score (nSPS) is 10.3. The molecule has 0 aromatic heterocycles. The van der Waals surface area contributed by atoms with Crippen LogP contribution in [0.15, 0.2) is 78.9 Å². The second kappa shape index (κ2) is 6.49. The van der Waals surface area contributed by atoms with Crippen LogP contribution in [0.2, 0.25) is 0 Å². The Balaban J connectivity index is 2.02. The minimum Gasteiger partial charge on any atom is -0.377 e. The number of hydrogen-bond donors (Lipinski definition) is 0. The van der Waals surface area contributed by atoms with Gasteiger partial charge in [0.15, 0.2) is 5.78 Å². The van der Waals surface area contributed by atoms with Crippen molar-refractivity contribution < 1.29 is 4.79 Å². The first-order valence-electron chi connectivity index (χ1n) is 7.63. The maximum atomic E-state index is 12.9. The summed E-state index contributed by atoms with van der Waals surface area (Å²) in [5, 5.41) is 0. The van der Waals surface area contributed by atoms with E-state index in [1.54, 1.807) is 0 Å². The Labute approximate surface area is 137 Å². The molecule has 0 N–H and O–H groups in total. The van der Waals surface area contributed by atoms with Crippen LogP contribution < -0.4 is 4.90 Å². The average Bonchev–Trinajstić information content (AvgIpc) is 2.62. The van der Waals surface area contributed by atoms with E-state index in [0.717, 1.165) is 22.4 Å². The number of rotatable bonds is 4. The van der Waals surface area contributed by atoms with Gasteiger partial charge in [-0.2, -0.15) is 0 Å². The van der Waals surface area contributed by atoms with E-state index in [2.05, 4.69) is 12.1 Å². The maximum absolute atomic E-state index is 12.9. The number of carbonyl (C=O) groups excluding carboxylic acids is 1. The van der Waals surface area contributed by atoms with E-state index in [0.29, 0.717) is 5.56 Å². The highest BCUT2D eigenvalue weighted by Gasteiger charge is 2.14. The van der Waals surface area contributed by atoms with Crippen molar-refractivity contribution in [2.24, 2.45) is 0 Å². The fourth-order valence-corrected chi connectivity index (χ4v) is 2.68. The van der Waals surface area contributed by atoms with E-state index in [4.69, 9.17) is 0 Å². The van der Waals surface area contributed by atoms with Gasteiger partial charge in [0, 0.05) is 30.9 Å². The molecule has 0 unspecified atom stereocenters. The molecule has 114 valence electrons. The predicted octanol–water partition coefficient (Wildman–Crippen LogP) is 4.65. The average molecular weight is 301 g/mol. The first-order valence-corrected chi connectivity index (χ1v) is 7.63. The number of carbonyl (C=O) groups is 1. The summed E-state index contributed by atoms with van der Waals surface area (Å²) in [4.78, 5) is 14.9. The van der Waals surface area contributed by atoms with E-state index < -0.39 is 0 Å². The van der Waals surface area contributed by atoms with Crippen molar-refractivity contribution in [1.82, 2.24) is 0 Å². The molecule has 23 heavy (non-hydrogen) atoms. The van der Waals surface area contributed by atoms with Crippen molar-refractivity contribution in [2.75, 3.05) is 19.0 Å². The maximum Gasteiger partial charge on any atom is 0.195 e. The van der Waals surface area contributed by atoms with Gasteiger partial charge < -0.3 is 4.90 Å². The van der Waals surface area contributed by atoms with Crippen molar-refractivity contribution in [3.63, 3.8) is 0 Å². The summed E-state index contributed by atoms with van der Waals surface area (Å²) < 4.78 is 0. The summed E-state index contributed by atoms with van der Waals surface area (Å²) in [6, 6.07) is 25.6. The zero-order valence-electron chi connectivity index (χ0n) is 13.4. The molecule has 2 nitrogen and oxygen atoms in total. The molecule has 0 amide bonds. The molecule has 0 radical (unpaired) electrons. The Hall–Kier alpha value is -2.87. The van der Waals surface area contributed by atoms with Crippen molar-refractivity contribution in [2.45, 2.75) is 0 Å². The summed E-state index contributed by atoms with van der Waals surface area (Å²) in [7, 11) is 3.90. The molecule has 2 heteroatoms. The Bertz CT molecular complexity index is 822. The number of para-hydroxylation sites is 1. The molecule has 0 saturated carbocycles. The van der Waals surface area contributed by atoms with Crippen molar-refractivity contribution >= 4 is 11.5 Å². The van der Waals surface area contributed by atoms with Crippen LogP contribution in [-0.2, 0) is 0 Å². The van der Waals surface area contributed by atoms with Crippen molar-refractivity contribution in [1.29, 1.82) is 0 Å². The summed E-state index contributed by atoms with van der Waals surface area (Å²) in [6.45, 7) is 0. The van der Waals surface area contributed by atoms with E-state index >= 15 is 0 Å². The van der Waals surface area contributed by atoms with E-state index in [9.17, 15) is 4.79 Å². The molecule has 3 rings (SSSR count). The molecule has 3 aromatic rings. The third-order valence-corrected chi connectivity index (χ3v) is 3.86. The van der Waals surface area contributed by atoms with Crippen LogP contribution in [0, 0.1) is 0 Å². The lowest BCUT2D eigenvalue weighted by Crippen LogP contribution is -2.14. The lowest BCUT2D eigenvalue weighted by molar-refractivity contribution is 0.103. The second-order valence-electron chi connectivity index (χ2n) is 5.69. The summed E-state index contributed by atoms with van der Waals surface area (Å²) >= 11 is 0. The van der Waals surface area contributed by atoms with Gasteiger partial charge in [-0.3, -0.25) is 4.79 Å². The molecular formula is C21H19NO. The van der Waals surface area contributed by atoms with Gasteiger partial charge in [0.2, 0.25) is 0 Å². The number of nitrogens with zero attached hydrogens (tertiary/aromatic N) is 1. The van der Waals surface area contributed by atoms with Gasteiger partial charge in [-0.1, -0.05) is 60.7 Å². The number of anilines is 1. The second-order valence-corrected chi connectivity index (χ2v) is 5.69. The highest BCUT2D eigenvalue weighted by Crippen LogP contribution is 2.25. The number of benzene rings is 3. The monoisotopic (exact) mass is 301 g/mol. The van der Waals surface area contributed by atoms with Crippen LogP contribution in [0.4, 0.5) is 5.69 Å². The largest absolute Gasteiger partial charge is 0.377 e. The van der Waals surface area contributed by atoms with E-state index in [1.165, 1.54) is 0 Å². The first-order chi connectivity index (χ1) is 11.2. The smallest absolute Gasteiger partial charge is 0.195 e. The van der Waals surface area contributed by atoms with Crippen LogP contribution >= 0.6 is 0 Å². The van der Waals surface area contributed by atoms with Gasteiger partial charge in [-0.25, -0.2) is 0 Å². The highest BCUT2D eigenvalue weighted by molar-refractivity contribution is 6.12. The Kier molecular flexibility index (Phi) is 4.24. The van der Waals surface area contributed by atoms with Gasteiger partial charge >= 0.3 is 0 Å². The molecule has 3 aromatic carbocycles. The SMILES string of the molecule is CN(C)c1ccccc1C(=O)c1cccc(-c2ccccc2)c1. The fourth-order valence-electron chi connectivity index (χ4n) is 2.68. The van der Waals surface area contributed by atoms with Gasteiger partial charge in [0.05, 0.1) is 0 Å². The lowest BCUT2D eigenvalue weighted by atomic mass is 9.97. The topological polar surface area (TPSA) is 20.3 Å². The summed E-state index contributed by atoms with van der Waals surface area (Å²) in [5.74, 6) is 0.0482. The minimum absolute atomic E-state index is 0.0482. The molecule has 0 fully saturated rings. The van der Waals surface area contributed by atoms with Gasteiger partial charge in [-0.15, -0.1) is 0 Å². The quantitative estimate of drug-likeness (QED) is 0.654. The third-order valence-electron chi connectivity index (χ3n) is 3.86. The molecule has 0 bridgehead atoms. The third kappa shape index (κ3) is 3.16. The van der Waals surface area contributed by atoms with Crippen molar-refractivity contribution in [3.8, 4) is 11.1 Å². The van der Waals surface area contributed by atoms with E-state index in [1.807, 2.05) is 85.7 Å². The Morgan fingerprint density at radius 3 is 2.13 bits per heavy atom. The van der Waals surface area contributed by atoms with Gasteiger partial charge in [-0.05, 0) is 29.3 Å². The Morgan fingerprint density at radius 1 is 0.739 bits per heavy atom. The molecule has 0 heterocycles. The minimum atomic E-state index is 0.0482. The molecule has 0 aliphatic carbocycles. The molecule has 0 aliphatic heterocycles. The predicted molar refractivity (Wildman–Crippen MR) is 96.1 cm³/mol. The number of ketones is 1. The first kappa shape index (κ1) is 15.0. The van der Waals surface area contributed by atoms with Crippen LogP contribution in [0.1, 0.15) is 15.9 Å².